The maximum absolute atomic E-state index is 11.2. The van der Waals surface area contributed by atoms with Crippen LogP contribution in [0.5, 0.6) is 5.75 Å². The summed E-state index contributed by atoms with van der Waals surface area (Å²) in [6.45, 7) is 7.89. The number of aryl methyl sites for hydroxylation is 1. The Morgan fingerprint density at radius 1 is 1.41 bits per heavy atom. The van der Waals surface area contributed by atoms with E-state index in [1.54, 1.807) is 6.07 Å². The number of aromatic hydroxyl groups is 1. The SMILES string of the molecule is Cc1cc(CC(=O)NN)cc(C(C)(C)C)c1O. The molecule has 1 rings (SSSR count). The number of carbonyl (C=O) groups is 1. The van der Waals surface area contributed by atoms with Gasteiger partial charge >= 0.3 is 0 Å². The lowest BCUT2D eigenvalue weighted by Gasteiger charge is -2.22. The summed E-state index contributed by atoms with van der Waals surface area (Å²) in [5, 5.41) is 10.0. The average Bonchev–Trinajstić information content (AvgIpc) is 2.21. The lowest BCUT2D eigenvalue weighted by Crippen LogP contribution is -2.31. The van der Waals surface area contributed by atoms with Crippen LogP contribution in [-0.4, -0.2) is 11.0 Å². The van der Waals surface area contributed by atoms with Crippen LogP contribution in [-0.2, 0) is 16.6 Å². The van der Waals surface area contributed by atoms with Crippen LogP contribution in [0.25, 0.3) is 0 Å². The molecular formula is C13H20N2O2. The second-order valence-electron chi connectivity index (χ2n) is 5.30. The number of hydrogen-bond acceptors (Lipinski definition) is 3. The molecule has 0 bridgehead atoms. The molecule has 94 valence electrons. The quantitative estimate of drug-likeness (QED) is 0.414. The summed E-state index contributed by atoms with van der Waals surface area (Å²) in [4.78, 5) is 11.2. The predicted molar refractivity (Wildman–Crippen MR) is 67.6 cm³/mol. The van der Waals surface area contributed by atoms with E-state index >= 15 is 0 Å². The van der Waals surface area contributed by atoms with E-state index in [2.05, 4.69) is 5.43 Å². The Labute approximate surface area is 102 Å². The van der Waals surface area contributed by atoms with Gasteiger partial charge in [0.2, 0.25) is 5.91 Å². The zero-order valence-corrected chi connectivity index (χ0v) is 10.8. The van der Waals surface area contributed by atoms with Gasteiger partial charge < -0.3 is 5.11 Å². The van der Waals surface area contributed by atoms with Gasteiger partial charge in [0.15, 0.2) is 0 Å². The molecule has 0 aromatic heterocycles. The van der Waals surface area contributed by atoms with E-state index in [4.69, 9.17) is 5.84 Å². The highest BCUT2D eigenvalue weighted by molar-refractivity contribution is 5.78. The topological polar surface area (TPSA) is 75.4 Å². The van der Waals surface area contributed by atoms with Gasteiger partial charge in [-0.05, 0) is 29.0 Å². The van der Waals surface area contributed by atoms with Crippen LogP contribution < -0.4 is 11.3 Å². The number of phenolic OH excluding ortho intramolecular Hbond substituents is 1. The first-order valence-corrected chi connectivity index (χ1v) is 5.58. The monoisotopic (exact) mass is 236 g/mol. The Bertz CT molecular complexity index is 434. The summed E-state index contributed by atoms with van der Waals surface area (Å²) < 4.78 is 0. The van der Waals surface area contributed by atoms with Crippen molar-refractivity contribution in [1.29, 1.82) is 0 Å². The normalized spacial score (nSPS) is 11.4. The number of amides is 1. The number of nitrogens with two attached hydrogens (primary N) is 1. The van der Waals surface area contributed by atoms with Gasteiger partial charge in [0.25, 0.3) is 0 Å². The number of rotatable bonds is 2. The standard InChI is InChI=1S/C13H20N2O2/c1-8-5-9(7-11(16)15-14)6-10(12(8)17)13(2,3)4/h5-6,17H,7,14H2,1-4H3,(H,15,16). The zero-order chi connectivity index (χ0) is 13.2. The maximum Gasteiger partial charge on any atom is 0.238 e. The fraction of sp³-hybridized carbons (Fsp3) is 0.462. The Morgan fingerprint density at radius 3 is 2.47 bits per heavy atom. The molecule has 1 aromatic rings. The van der Waals surface area contributed by atoms with Crippen molar-refractivity contribution in [2.24, 2.45) is 5.84 Å². The summed E-state index contributed by atoms with van der Waals surface area (Å²) in [7, 11) is 0. The third-order valence-corrected chi connectivity index (χ3v) is 2.69. The summed E-state index contributed by atoms with van der Waals surface area (Å²) >= 11 is 0. The van der Waals surface area contributed by atoms with Crippen molar-refractivity contribution >= 4 is 5.91 Å². The fourth-order valence-electron chi connectivity index (χ4n) is 1.76. The van der Waals surface area contributed by atoms with Crippen LogP contribution in [0.3, 0.4) is 0 Å². The van der Waals surface area contributed by atoms with Gasteiger partial charge in [-0.25, -0.2) is 5.84 Å². The molecule has 0 heterocycles. The van der Waals surface area contributed by atoms with E-state index in [1.165, 1.54) is 0 Å². The molecule has 1 amide bonds. The summed E-state index contributed by atoms with van der Waals surface area (Å²) in [6, 6.07) is 3.66. The van der Waals surface area contributed by atoms with Crippen molar-refractivity contribution in [3.63, 3.8) is 0 Å². The number of benzene rings is 1. The molecule has 0 saturated heterocycles. The number of phenols is 1. The summed E-state index contributed by atoms with van der Waals surface area (Å²) in [5.74, 6) is 5.12. The van der Waals surface area contributed by atoms with Crippen molar-refractivity contribution < 1.29 is 9.90 Å². The van der Waals surface area contributed by atoms with Crippen LogP contribution >= 0.6 is 0 Å². The van der Waals surface area contributed by atoms with Gasteiger partial charge in [0.05, 0.1) is 6.42 Å². The average molecular weight is 236 g/mol. The van der Waals surface area contributed by atoms with Gasteiger partial charge in [-0.2, -0.15) is 0 Å². The highest BCUT2D eigenvalue weighted by Crippen LogP contribution is 2.34. The van der Waals surface area contributed by atoms with Crippen molar-refractivity contribution in [2.45, 2.75) is 39.5 Å². The molecule has 17 heavy (non-hydrogen) atoms. The first kappa shape index (κ1) is 13.5. The van der Waals surface area contributed by atoms with Gasteiger partial charge in [0, 0.05) is 0 Å². The molecule has 0 spiro atoms. The molecule has 0 atom stereocenters. The third kappa shape index (κ3) is 3.20. The molecule has 0 saturated carbocycles. The lowest BCUT2D eigenvalue weighted by atomic mass is 9.84. The van der Waals surface area contributed by atoms with Gasteiger partial charge in [-0.1, -0.05) is 32.9 Å². The largest absolute Gasteiger partial charge is 0.507 e. The fourth-order valence-corrected chi connectivity index (χ4v) is 1.76. The first-order chi connectivity index (χ1) is 7.75. The number of hydrogen-bond donors (Lipinski definition) is 3. The van der Waals surface area contributed by atoms with E-state index in [-0.39, 0.29) is 17.7 Å². The molecule has 0 aliphatic heterocycles. The summed E-state index contributed by atoms with van der Waals surface area (Å²) in [6.07, 6.45) is 0.223. The van der Waals surface area contributed by atoms with Crippen LogP contribution in [0.2, 0.25) is 0 Å². The van der Waals surface area contributed by atoms with Crippen LogP contribution in [0, 0.1) is 6.92 Å². The molecule has 4 nitrogen and oxygen atoms in total. The lowest BCUT2D eigenvalue weighted by molar-refractivity contribution is -0.120. The van der Waals surface area contributed by atoms with Crippen LogP contribution in [0.1, 0.15) is 37.5 Å². The van der Waals surface area contributed by atoms with E-state index < -0.39 is 0 Å². The Balaban J connectivity index is 3.20. The molecule has 0 fully saturated rings. The van der Waals surface area contributed by atoms with Crippen molar-refractivity contribution in [1.82, 2.24) is 5.43 Å². The van der Waals surface area contributed by atoms with E-state index in [1.807, 2.05) is 33.8 Å². The molecule has 4 N–H and O–H groups in total. The van der Waals surface area contributed by atoms with E-state index in [9.17, 15) is 9.90 Å². The minimum Gasteiger partial charge on any atom is -0.507 e. The molecule has 0 unspecified atom stereocenters. The summed E-state index contributed by atoms with van der Waals surface area (Å²) in [5.41, 5.74) is 4.42. The minimum absolute atomic E-state index is 0.163. The van der Waals surface area contributed by atoms with Gasteiger partial charge in [0.1, 0.15) is 5.75 Å². The molecule has 0 radical (unpaired) electrons. The maximum atomic E-state index is 11.2. The van der Waals surface area contributed by atoms with Gasteiger partial charge in [-0.3, -0.25) is 10.2 Å². The zero-order valence-electron chi connectivity index (χ0n) is 10.8. The van der Waals surface area contributed by atoms with E-state index in [0.717, 1.165) is 16.7 Å². The number of nitrogens with one attached hydrogen (secondary N) is 1. The molecule has 0 aliphatic carbocycles. The van der Waals surface area contributed by atoms with Crippen molar-refractivity contribution in [3.05, 3.63) is 28.8 Å². The minimum atomic E-state index is -0.241. The van der Waals surface area contributed by atoms with Gasteiger partial charge in [-0.15, -0.1) is 0 Å². The van der Waals surface area contributed by atoms with Crippen LogP contribution in [0.4, 0.5) is 0 Å². The molecule has 4 heteroatoms. The Hall–Kier alpha value is -1.55. The van der Waals surface area contributed by atoms with Crippen LogP contribution in [0.15, 0.2) is 12.1 Å². The molecule has 0 aliphatic rings. The van der Waals surface area contributed by atoms with Crippen molar-refractivity contribution in [2.75, 3.05) is 0 Å². The number of carbonyl (C=O) groups excluding carboxylic acids is 1. The third-order valence-electron chi connectivity index (χ3n) is 2.69. The molecule has 1 aromatic carbocycles. The second kappa shape index (κ2) is 4.75. The second-order valence-corrected chi connectivity index (χ2v) is 5.30. The predicted octanol–water partition coefficient (Wildman–Crippen LogP) is 1.53. The van der Waals surface area contributed by atoms with E-state index in [0.29, 0.717) is 5.75 Å². The highest BCUT2D eigenvalue weighted by Gasteiger charge is 2.20. The number of hydrazine groups is 1. The molecular weight excluding hydrogens is 216 g/mol. The highest BCUT2D eigenvalue weighted by atomic mass is 16.3. The first-order valence-electron chi connectivity index (χ1n) is 5.58. The Morgan fingerprint density at radius 2 is 2.00 bits per heavy atom. The Kier molecular flexibility index (Phi) is 3.78. The smallest absolute Gasteiger partial charge is 0.238 e. The van der Waals surface area contributed by atoms with Crippen molar-refractivity contribution in [3.8, 4) is 5.75 Å².